The highest BCUT2D eigenvalue weighted by Gasteiger charge is 2.00. The van der Waals surface area contributed by atoms with Crippen LogP contribution in [0.15, 0.2) is 12.8 Å². The van der Waals surface area contributed by atoms with Crippen LogP contribution >= 0.6 is 12.4 Å². The van der Waals surface area contributed by atoms with Crippen LogP contribution in [0.4, 0.5) is 0 Å². The van der Waals surface area contributed by atoms with E-state index in [-0.39, 0.29) is 18.4 Å². The maximum Gasteiger partial charge on any atom is 0.310 e. The van der Waals surface area contributed by atoms with Crippen LogP contribution in [0.2, 0.25) is 0 Å². The van der Waals surface area contributed by atoms with Gasteiger partial charge in [-0.25, -0.2) is 0 Å². The summed E-state index contributed by atoms with van der Waals surface area (Å²) in [6.45, 7) is 5.65. The molecule has 0 fully saturated rings. The first kappa shape index (κ1) is 24.7. The highest BCUT2D eigenvalue weighted by atomic mass is 35.5. The molecule has 0 aliphatic carbocycles. The molecule has 0 spiro atoms. The van der Waals surface area contributed by atoms with Gasteiger partial charge in [0, 0.05) is 6.42 Å². The molecule has 0 unspecified atom stereocenters. The molecule has 0 N–H and O–H groups in total. The highest BCUT2D eigenvalue weighted by molar-refractivity contribution is 5.85. The Labute approximate surface area is 150 Å². The lowest BCUT2D eigenvalue weighted by Gasteiger charge is -2.03. The third-order valence-electron chi connectivity index (χ3n) is 4.20. The van der Waals surface area contributed by atoms with Crippen LogP contribution < -0.4 is 0 Å². The largest absolute Gasteiger partial charge is 0.435 e. The molecular weight excluding hydrogens is 308 g/mol. The van der Waals surface area contributed by atoms with E-state index in [0.717, 1.165) is 12.8 Å². The SMILES string of the molecule is C=COC(=O)CCCCCCCCCCCCCCCCC.Cl. The lowest BCUT2D eigenvalue weighted by atomic mass is 10.0. The van der Waals surface area contributed by atoms with Crippen molar-refractivity contribution >= 4 is 18.4 Å². The van der Waals surface area contributed by atoms with Gasteiger partial charge in [-0.05, 0) is 6.42 Å². The smallest absolute Gasteiger partial charge is 0.310 e. The van der Waals surface area contributed by atoms with Crippen LogP contribution in [-0.4, -0.2) is 5.97 Å². The van der Waals surface area contributed by atoms with E-state index in [2.05, 4.69) is 18.2 Å². The lowest BCUT2D eigenvalue weighted by molar-refractivity contribution is -0.138. The van der Waals surface area contributed by atoms with E-state index in [9.17, 15) is 4.79 Å². The summed E-state index contributed by atoms with van der Waals surface area (Å²) in [5.74, 6) is -0.148. The molecule has 3 heteroatoms. The molecular formula is C20H39ClO2. The molecule has 0 aromatic carbocycles. The predicted octanol–water partition coefficient (Wildman–Crippen LogP) is 7.36. The average Bonchev–Trinajstić information content (AvgIpc) is 2.51. The van der Waals surface area contributed by atoms with Crippen LogP contribution in [0.5, 0.6) is 0 Å². The Morgan fingerprint density at radius 3 is 1.43 bits per heavy atom. The first-order valence-electron chi connectivity index (χ1n) is 9.61. The molecule has 138 valence electrons. The molecule has 0 aliphatic heterocycles. The van der Waals surface area contributed by atoms with Gasteiger partial charge >= 0.3 is 5.97 Å². The minimum Gasteiger partial charge on any atom is -0.435 e. The summed E-state index contributed by atoms with van der Waals surface area (Å²) in [6, 6.07) is 0. The Balaban J connectivity index is 0. The van der Waals surface area contributed by atoms with Crippen molar-refractivity contribution in [3.05, 3.63) is 12.8 Å². The maximum absolute atomic E-state index is 11.1. The van der Waals surface area contributed by atoms with E-state index in [1.807, 2.05) is 0 Å². The lowest BCUT2D eigenvalue weighted by Crippen LogP contribution is -1.98. The maximum atomic E-state index is 11.1. The van der Waals surface area contributed by atoms with E-state index >= 15 is 0 Å². The molecule has 23 heavy (non-hydrogen) atoms. The zero-order valence-corrected chi connectivity index (χ0v) is 16.1. The second-order valence-corrected chi connectivity index (χ2v) is 6.36. The Morgan fingerprint density at radius 1 is 0.739 bits per heavy atom. The summed E-state index contributed by atoms with van der Waals surface area (Å²) in [6.07, 6.45) is 21.9. The Kier molecular flexibility index (Phi) is 23.1. The van der Waals surface area contributed by atoms with E-state index in [0.29, 0.717) is 6.42 Å². The number of carbonyl (C=O) groups excluding carboxylic acids is 1. The number of unbranched alkanes of at least 4 members (excludes halogenated alkanes) is 14. The van der Waals surface area contributed by atoms with Crippen LogP contribution in [0.25, 0.3) is 0 Å². The Bertz CT molecular complexity index is 254. The molecule has 0 saturated carbocycles. The molecule has 2 nitrogen and oxygen atoms in total. The summed E-state index contributed by atoms with van der Waals surface area (Å²) in [5.41, 5.74) is 0. The number of ether oxygens (including phenoxy) is 1. The van der Waals surface area contributed by atoms with Gasteiger partial charge in [0.15, 0.2) is 0 Å². The average molecular weight is 347 g/mol. The van der Waals surface area contributed by atoms with Crippen molar-refractivity contribution in [2.24, 2.45) is 0 Å². The van der Waals surface area contributed by atoms with Crippen LogP contribution in [0, 0.1) is 0 Å². The zero-order valence-electron chi connectivity index (χ0n) is 15.3. The molecule has 0 saturated heterocycles. The van der Waals surface area contributed by atoms with E-state index in [1.165, 1.54) is 89.7 Å². The first-order valence-corrected chi connectivity index (χ1v) is 9.61. The molecule has 0 amide bonds. The minimum atomic E-state index is -0.148. The monoisotopic (exact) mass is 346 g/mol. The quantitative estimate of drug-likeness (QED) is 0.156. The number of carbonyl (C=O) groups is 1. The molecule has 0 rings (SSSR count). The number of rotatable bonds is 17. The van der Waals surface area contributed by atoms with Crippen molar-refractivity contribution in [1.82, 2.24) is 0 Å². The third kappa shape index (κ3) is 21.5. The fourth-order valence-corrected chi connectivity index (χ4v) is 2.79. The van der Waals surface area contributed by atoms with Crippen molar-refractivity contribution in [3.63, 3.8) is 0 Å². The van der Waals surface area contributed by atoms with Gasteiger partial charge in [0.2, 0.25) is 0 Å². The van der Waals surface area contributed by atoms with E-state index < -0.39 is 0 Å². The summed E-state index contributed by atoms with van der Waals surface area (Å²) in [5, 5.41) is 0. The van der Waals surface area contributed by atoms with Gasteiger partial charge in [0.1, 0.15) is 0 Å². The summed E-state index contributed by atoms with van der Waals surface area (Å²) >= 11 is 0. The van der Waals surface area contributed by atoms with Gasteiger partial charge in [0.25, 0.3) is 0 Å². The second kappa shape index (κ2) is 21.5. The number of esters is 1. The van der Waals surface area contributed by atoms with E-state index in [1.54, 1.807) is 0 Å². The number of hydrogen-bond acceptors (Lipinski definition) is 2. The van der Waals surface area contributed by atoms with Gasteiger partial charge in [-0.3, -0.25) is 4.79 Å². The van der Waals surface area contributed by atoms with Crippen LogP contribution in [0.3, 0.4) is 0 Å². The fraction of sp³-hybridized carbons (Fsp3) is 0.850. The van der Waals surface area contributed by atoms with Gasteiger partial charge in [-0.2, -0.15) is 0 Å². The molecule has 0 aliphatic rings. The Morgan fingerprint density at radius 2 is 1.09 bits per heavy atom. The van der Waals surface area contributed by atoms with Gasteiger partial charge < -0.3 is 4.74 Å². The first-order chi connectivity index (χ1) is 10.8. The highest BCUT2D eigenvalue weighted by Crippen LogP contribution is 2.13. The van der Waals surface area contributed by atoms with Crippen LogP contribution in [0.1, 0.15) is 110 Å². The molecule has 0 atom stereocenters. The molecule has 0 bridgehead atoms. The molecule has 0 radical (unpaired) electrons. The molecule has 0 aromatic heterocycles. The molecule has 0 heterocycles. The topological polar surface area (TPSA) is 26.3 Å². The molecule has 0 aromatic rings. The van der Waals surface area contributed by atoms with Crippen molar-refractivity contribution in [1.29, 1.82) is 0 Å². The van der Waals surface area contributed by atoms with E-state index in [4.69, 9.17) is 0 Å². The van der Waals surface area contributed by atoms with Crippen molar-refractivity contribution in [3.8, 4) is 0 Å². The normalized spacial score (nSPS) is 10.1. The Hall–Kier alpha value is -0.500. The third-order valence-corrected chi connectivity index (χ3v) is 4.20. The minimum absolute atomic E-state index is 0. The summed E-state index contributed by atoms with van der Waals surface area (Å²) in [7, 11) is 0. The fourth-order valence-electron chi connectivity index (χ4n) is 2.79. The van der Waals surface area contributed by atoms with Gasteiger partial charge in [-0.1, -0.05) is 103 Å². The van der Waals surface area contributed by atoms with Gasteiger partial charge in [-0.15, -0.1) is 12.4 Å². The number of hydrogen-bond donors (Lipinski definition) is 0. The summed E-state index contributed by atoms with van der Waals surface area (Å²) < 4.78 is 4.69. The van der Waals surface area contributed by atoms with Crippen molar-refractivity contribution < 1.29 is 9.53 Å². The van der Waals surface area contributed by atoms with Crippen LogP contribution in [-0.2, 0) is 9.53 Å². The standard InChI is InChI=1S/C20H38O2.ClH/c1-3-5-6-7-8-9-10-11-12-13-14-15-16-17-18-19-20(21)22-4-2;/h4H,2-3,5-19H2,1H3;1H. The van der Waals surface area contributed by atoms with Crippen molar-refractivity contribution in [2.45, 2.75) is 110 Å². The predicted molar refractivity (Wildman–Crippen MR) is 103 cm³/mol. The van der Waals surface area contributed by atoms with Gasteiger partial charge in [0.05, 0.1) is 6.26 Å². The number of halogens is 1. The van der Waals surface area contributed by atoms with Crippen molar-refractivity contribution in [2.75, 3.05) is 0 Å². The summed E-state index contributed by atoms with van der Waals surface area (Å²) in [4.78, 5) is 11.1. The second-order valence-electron chi connectivity index (χ2n) is 6.36. The zero-order chi connectivity index (χ0) is 16.3.